The van der Waals surface area contributed by atoms with Gasteiger partial charge in [0.1, 0.15) is 0 Å². The van der Waals surface area contributed by atoms with Gasteiger partial charge in [-0.3, -0.25) is 0 Å². The molecule has 2 rings (SSSR count). The molecule has 0 saturated heterocycles. The fraction of sp³-hybridized carbons (Fsp3) is 0.647. The molecule has 1 aliphatic carbocycles. The van der Waals surface area contributed by atoms with Gasteiger partial charge in [-0.05, 0) is 51.6 Å². The molecule has 0 aromatic heterocycles. The number of methoxy groups -OCH3 is 1. The predicted octanol–water partition coefficient (Wildman–Crippen LogP) is 3.91. The molecule has 19 heavy (non-hydrogen) atoms. The Balaban J connectivity index is 2.19. The van der Waals surface area contributed by atoms with Crippen LogP contribution in [0.3, 0.4) is 0 Å². The topological polar surface area (TPSA) is 21.3 Å². The number of benzene rings is 1. The van der Waals surface area contributed by atoms with E-state index in [1.165, 1.54) is 36.0 Å². The van der Waals surface area contributed by atoms with Crippen LogP contribution in [0.25, 0.3) is 0 Å². The highest BCUT2D eigenvalue weighted by atomic mass is 16.5. The number of nitrogens with one attached hydrogen (secondary N) is 1. The summed E-state index contributed by atoms with van der Waals surface area (Å²) in [6.07, 6.45) is 4.80. The van der Waals surface area contributed by atoms with Gasteiger partial charge in [-0.1, -0.05) is 36.2 Å². The molecule has 1 aromatic carbocycles. The lowest BCUT2D eigenvalue weighted by molar-refractivity contribution is -0.0837. The van der Waals surface area contributed by atoms with Crippen LogP contribution in [0.5, 0.6) is 0 Å². The molecule has 0 spiro atoms. The maximum atomic E-state index is 5.79. The minimum atomic E-state index is 0.116. The lowest BCUT2D eigenvalue weighted by Gasteiger charge is -2.43. The zero-order valence-electron chi connectivity index (χ0n) is 12.8. The maximum absolute atomic E-state index is 5.79. The van der Waals surface area contributed by atoms with Gasteiger partial charge in [0.2, 0.25) is 0 Å². The van der Waals surface area contributed by atoms with Gasteiger partial charge in [0, 0.05) is 13.2 Å². The monoisotopic (exact) mass is 261 g/mol. The second kappa shape index (κ2) is 6.06. The fourth-order valence-corrected chi connectivity index (χ4v) is 3.20. The molecule has 0 heterocycles. The highest BCUT2D eigenvalue weighted by Gasteiger charge is 2.39. The normalized spacial score (nSPS) is 18.9. The Bertz CT molecular complexity index is 398. The van der Waals surface area contributed by atoms with Gasteiger partial charge in [0.05, 0.1) is 5.60 Å². The van der Waals surface area contributed by atoms with Gasteiger partial charge in [0.15, 0.2) is 0 Å². The second-order valence-corrected chi connectivity index (χ2v) is 5.98. The summed E-state index contributed by atoms with van der Waals surface area (Å²) in [5, 5.41) is 3.63. The molecular formula is C17H27NO. The third-order valence-corrected chi connectivity index (χ3v) is 4.37. The Hall–Kier alpha value is -0.860. The van der Waals surface area contributed by atoms with Crippen LogP contribution in [0, 0.1) is 13.8 Å². The van der Waals surface area contributed by atoms with Gasteiger partial charge >= 0.3 is 0 Å². The van der Waals surface area contributed by atoms with E-state index in [9.17, 15) is 0 Å². The average molecular weight is 261 g/mol. The van der Waals surface area contributed by atoms with Crippen LogP contribution in [0.2, 0.25) is 0 Å². The molecule has 0 aliphatic heterocycles. The summed E-state index contributed by atoms with van der Waals surface area (Å²) in [5.74, 6) is 0. The van der Waals surface area contributed by atoms with E-state index in [2.05, 4.69) is 44.3 Å². The molecule has 2 heteroatoms. The van der Waals surface area contributed by atoms with Crippen molar-refractivity contribution in [2.24, 2.45) is 0 Å². The molecule has 0 radical (unpaired) electrons. The largest absolute Gasteiger partial charge is 0.378 e. The fourth-order valence-electron chi connectivity index (χ4n) is 3.20. The SMILES string of the molecule is CCNC(CC1(OC)CCC1)c1cc(C)cc(C)c1. The Morgan fingerprint density at radius 3 is 2.26 bits per heavy atom. The van der Waals surface area contributed by atoms with Crippen molar-refractivity contribution in [3.63, 3.8) is 0 Å². The van der Waals surface area contributed by atoms with Crippen LogP contribution < -0.4 is 5.32 Å². The van der Waals surface area contributed by atoms with Crippen molar-refractivity contribution >= 4 is 0 Å². The number of hydrogen-bond donors (Lipinski definition) is 1. The van der Waals surface area contributed by atoms with Crippen LogP contribution in [0.15, 0.2) is 18.2 Å². The predicted molar refractivity (Wildman–Crippen MR) is 80.5 cm³/mol. The highest BCUT2D eigenvalue weighted by molar-refractivity contribution is 5.31. The lowest BCUT2D eigenvalue weighted by Crippen LogP contribution is -2.42. The quantitative estimate of drug-likeness (QED) is 0.838. The Kier molecular flexibility index (Phi) is 4.64. The molecule has 1 fully saturated rings. The molecule has 106 valence electrons. The third kappa shape index (κ3) is 3.37. The first-order valence-electron chi connectivity index (χ1n) is 7.45. The minimum Gasteiger partial charge on any atom is -0.378 e. The van der Waals surface area contributed by atoms with E-state index in [1.807, 2.05) is 7.11 Å². The summed E-state index contributed by atoms with van der Waals surface area (Å²) >= 11 is 0. The summed E-state index contributed by atoms with van der Waals surface area (Å²) < 4.78 is 5.79. The number of rotatable bonds is 6. The van der Waals surface area contributed by atoms with Crippen LogP contribution in [0.4, 0.5) is 0 Å². The molecule has 1 N–H and O–H groups in total. The number of aryl methyl sites for hydroxylation is 2. The zero-order valence-corrected chi connectivity index (χ0v) is 12.8. The van der Waals surface area contributed by atoms with E-state index in [1.54, 1.807) is 0 Å². The van der Waals surface area contributed by atoms with E-state index in [0.717, 1.165) is 13.0 Å². The first-order chi connectivity index (χ1) is 9.08. The van der Waals surface area contributed by atoms with Gasteiger partial charge in [0.25, 0.3) is 0 Å². The van der Waals surface area contributed by atoms with Crippen LogP contribution in [0.1, 0.15) is 55.3 Å². The lowest BCUT2D eigenvalue weighted by atomic mass is 9.74. The third-order valence-electron chi connectivity index (χ3n) is 4.37. The van der Waals surface area contributed by atoms with Gasteiger partial charge in [-0.2, -0.15) is 0 Å². The van der Waals surface area contributed by atoms with E-state index < -0.39 is 0 Å². The van der Waals surface area contributed by atoms with E-state index in [0.29, 0.717) is 6.04 Å². The molecular weight excluding hydrogens is 234 g/mol. The van der Waals surface area contributed by atoms with Crippen LogP contribution in [-0.4, -0.2) is 19.3 Å². The summed E-state index contributed by atoms with van der Waals surface area (Å²) in [7, 11) is 1.86. The van der Waals surface area contributed by atoms with E-state index in [4.69, 9.17) is 4.74 Å². The van der Waals surface area contributed by atoms with Crippen molar-refractivity contribution in [1.82, 2.24) is 5.32 Å². The van der Waals surface area contributed by atoms with Crippen molar-refractivity contribution in [1.29, 1.82) is 0 Å². The standard InChI is InChI=1S/C17H27NO/c1-5-18-16(12-17(19-4)7-6-8-17)15-10-13(2)9-14(3)11-15/h9-11,16,18H,5-8,12H2,1-4H3. The Morgan fingerprint density at radius 1 is 1.21 bits per heavy atom. The highest BCUT2D eigenvalue weighted by Crippen LogP contribution is 2.42. The second-order valence-electron chi connectivity index (χ2n) is 5.98. The van der Waals surface area contributed by atoms with E-state index >= 15 is 0 Å². The molecule has 0 amide bonds. The molecule has 1 saturated carbocycles. The molecule has 2 nitrogen and oxygen atoms in total. The van der Waals surface area contributed by atoms with Crippen molar-refractivity contribution in [2.45, 2.75) is 58.1 Å². The Morgan fingerprint density at radius 2 is 1.84 bits per heavy atom. The summed E-state index contributed by atoms with van der Waals surface area (Å²) in [6.45, 7) is 7.53. The van der Waals surface area contributed by atoms with Gasteiger partial charge < -0.3 is 10.1 Å². The smallest absolute Gasteiger partial charge is 0.0697 e. The first-order valence-corrected chi connectivity index (χ1v) is 7.45. The first kappa shape index (κ1) is 14.5. The van der Waals surface area contributed by atoms with Crippen molar-refractivity contribution in [3.8, 4) is 0 Å². The molecule has 1 aromatic rings. The number of ether oxygens (including phenoxy) is 1. The zero-order chi connectivity index (χ0) is 13.9. The van der Waals surface area contributed by atoms with Crippen molar-refractivity contribution < 1.29 is 4.74 Å². The minimum absolute atomic E-state index is 0.116. The summed E-state index contributed by atoms with van der Waals surface area (Å²) in [6, 6.07) is 7.26. The molecule has 1 atom stereocenters. The van der Waals surface area contributed by atoms with Crippen LogP contribution in [-0.2, 0) is 4.74 Å². The van der Waals surface area contributed by atoms with Crippen molar-refractivity contribution in [3.05, 3.63) is 34.9 Å². The van der Waals surface area contributed by atoms with Crippen molar-refractivity contribution in [2.75, 3.05) is 13.7 Å². The number of hydrogen-bond acceptors (Lipinski definition) is 2. The van der Waals surface area contributed by atoms with Crippen LogP contribution >= 0.6 is 0 Å². The molecule has 1 unspecified atom stereocenters. The maximum Gasteiger partial charge on any atom is 0.0697 e. The molecule has 0 bridgehead atoms. The summed E-state index contributed by atoms with van der Waals surface area (Å²) in [5.41, 5.74) is 4.21. The summed E-state index contributed by atoms with van der Waals surface area (Å²) in [4.78, 5) is 0. The van der Waals surface area contributed by atoms with Gasteiger partial charge in [-0.25, -0.2) is 0 Å². The average Bonchev–Trinajstić information content (AvgIpc) is 2.31. The molecule has 1 aliphatic rings. The van der Waals surface area contributed by atoms with Gasteiger partial charge in [-0.15, -0.1) is 0 Å². The van der Waals surface area contributed by atoms with E-state index in [-0.39, 0.29) is 5.60 Å². The Labute approximate surface area is 117 Å².